The standard InChI is InChI=1S/C33H56O3S2/c1-5-33(4,25-35)23-11-8-14-26-15-12-20-30(37-26)28-18-6-7-19-29(28)31-21-13-17-27(38(31)36)16-9-10-22-32(2,3)24-34/h6-7,18-19,26-27,30-31,34-35H,5,8-17,20-25H2,1-4H3. The lowest BCUT2D eigenvalue weighted by Gasteiger charge is -2.34. The quantitative estimate of drug-likeness (QED) is 0.209. The smallest absolute Gasteiger partial charge is 0.0603 e. The number of unbranched alkanes of at least 4 members (excludes halogenated alkanes) is 2. The van der Waals surface area contributed by atoms with Gasteiger partial charge in [-0.2, -0.15) is 11.8 Å². The highest BCUT2D eigenvalue weighted by atomic mass is 32.2. The van der Waals surface area contributed by atoms with E-state index in [9.17, 15) is 14.4 Å². The Kier molecular flexibility index (Phi) is 13.2. The summed E-state index contributed by atoms with van der Waals surface area (Å²) in [6, 6.07) is 8.97. The SMILES string of the molecule is CCC(C)(CO)CCCCC1CCCC(c2ccccc2C2CCCC(CCCCC(C)(C)CO)S2=O)S1. The van der Waals surface area contributed by atoms with Crippen LogP contribution in [-0.4, -0.2) is 38.1 Å². The van der Waals surface area contributed by atoms with E-state index in [0.29, 0.717) is 17.1 Å². The van der Waals surface area contributed by atoms with E-state index in [0.717, 1.165) is 56.6 Å². The highest BCUT2D eigenvalue weighted by Gasteiger charge is 2.34. The molecule has 5 heteroatoms. The van der Waals surface area contributed by atoms with Gasteiger partial charge in [-0.05, 0) is 79.7 Å². The third-order valence-electron chi connectivity index (χ3n) is 9.49. The predicted octanol–water partition coefficient (Wildman–Crippen LogP) is 8.90. The van der Waals surface area contributed by atoms with Crippen molar-refractivity contribution in [3.05, 3.63) is 35.4 Å². The Hall–Kier alpha value is -0.360. The molecule has 0 aromatic heterocycles. The number of rotatable bonds is 15. The number of thioether (sulfide) groups is 1. The average Bonchev–Trinajstić information content (AvgIpc) is 2.94. The van der Waals surface area contributed by atoms with E-state index in [2.05, 4.69) is 63.7 Å². The molecule has 0 aliphatic carbocycles. The molecule has 1 aromatic carbocycles. The van der Waals surface area contributed by atoms with Crippen LogP contribution in [0.4, 0.5) is 0 Å². The molecule has 6 atom stereocenters. The van der Waals surface area contributed by atoms with E-state index in [1.54, 1.807) is 0 Å². The van der Waals surface area contributed by atoms with Crippen LogP contribution in [-0.2, 0) is 10.8 Å². The summed E-state index contributed by atoms with van der Waals surface area (Å²) in [5, 5.41) is 21.0. The Morgan fingerprint density at radius 3 is 2.26 bits per heavy atom. The van der Waals surface area contributed by atoms with Gasteiger partial charge in [0.15, 0.2) is 0 Å². The van der Waals surface area contributed by atoms with Crippen LogP contribution in [0.1, 0.15) is 146 Å². The molecule has 2 fully saturated rings. The fourth-order valence-electron chi connectivity index (χ4n) is 6.32. The lowest BCUT2D eigenvalue weighted by atomic mass is 9.83. The van der Waals surface area contributed by atoms with Gasteiger partial charge in [-0.15, -0.1) is 0 Å². The largest absolute Gasteiger partial charge is 0.396 e. The second-order valence-corrected chi connectivity index (χ2v) is 16.7. The molecule has 0 amide bonds. The summed E-state index contributed by atoms with van der Waals surface area (Å²) in [6.07, 6.45) is 17.4. The Labute approximate surface area is 240 Å². The molecule has 6 unspecified atom stereocenters. The van der Waals surface area contributed by atoms with E-state index in [1.807, 2.05) is 0 Å². The first-order valence-corrected chi connectivity index (χ1v) is 17.8. The van der Waals surface area contributed by atoms with Crippen molar-refractivity contribution in [3.63, 3.8) is 0 Å². The predicted molar refractivity (Wildman–Crippen MR) is 166 cm³/mol. The summed E-state index contributed by atoms with van der Waals surface area (Å²) < 4.78 is 13.8. The van der Waals surface area contributed by atoms with Gasteiger partial charge in [-0.25, -0.2) is 0 Å². The summed E-state index contributed by atoms with van der Waals surface area (Å²) in [6.45, 7) is 9.20. The van der Waals surface area contributed by atoms with E-state index < -0.39 is 10.8 Å². The third kappa shape index (κ3) is 9.35. The van der Waals surface area contributed by atoms with E-state index in [1.165, 1.54) is 56.1 Å². The Bertz CT molecular complexity index is 850. The maximum atomic E-state index is 13.8. The Morgan fingerprint density at radius 1 is 0.868 bits per heavy atom. The van der Waals surface area contributed by atoms with Gasteiger partial charge in [0, 0.05) is 39.8 Å². The highest BCUT2D eigenvalue weighted by Crippen LogP contribution is 2.48. The van der Waals surface area contributed by atoms with Crippen LogP contribution in [0.3, 0.4) is 0 Å². The van der Waals surface area contributed by atoms with Crippen molar-refractivity contribution < 1.29 is 14.4 Å². The van der Waals surface area contributed by atoms with Gasteiger partial charge in [0.1, 0.15) is 0 Å². The molecule has 0 spiro atoms. The first-order chi connectivity index (χ1) is 18.2. The molecular formula is C33H56O3S2. The topological polar surface area (TPSA) is 57.5 Å². The minimum atomic E-state index is -0.812. The maximum absolute atomic E-state index is 13.8. The van der Waals surface area contributed by atoms with Crippen molar-refractivity contribution >= 4 is 22.6 Å². The molecule has 1 aromatic rings. The number of aliphatic hydroxyl groups excluding tert-OH is 2. The lowest BCUT2D eigenvalue weighted by molar-refractivity contribution is 0.125. The van der Waals surface area contributed by atoms with Gasteiger partial charge in [0.2, 0.25) is 0 Å². The van der Waals surface area contributed by atoms with Crippen molar-refractivity contribution in [1.82, 2.24) is 0 Å². The number of benzene rings is 1. The van der Waals surface area contributed by atoms with Crippen LogP contribution in [0.2, 0.25) is 0 Å². The van der Waals surface area contributed by atoms with E-state index >= 15 is 0 Å². The number of hydrogen-bond acceptors (Lipinski definition) is 4. The average molecular weight is 565 g/mol. The minimum absolute atomic E-state index is 0.00175. The molecule has 2 aliphatic rings. The van der Waals surface area contributed by atoms with Gasteiger partial charge in [-0.1, -0.05) is 90.5 Å². The van der Waals surface area contributed by atoms with Crippen molar-refractivity contribution in [2.75, 3.05) is 13.2 Å². The van der Waals surface area contributed by atoms with Gasteiger partial charge < -0.3 is 10.2 Å². The molecule has 0 radical (unpaired) electrons. The van der Waals surface area contributed by atoms with Crippen LogP contribution in [0.5, 0.6) is 0 Å². The number of aliphatic hydroxyl groups is 2. The summed E-state index contributed by atoms with van der Waals surface area (Å²) >= 11 is 2.19. The summed E-state index contributed by atoms with van der Waals surface area (Å²) in [5.74, 6) is 0. The van der Waals surface area contributed by atoms with E-state index in [4.69, 9.17) is 0 Å². The summed E-state index contributed by atoms with van der Waals surface area (Å²) in [5.41, 5.74) is 2.92. The number of hydrogen-bond donors (Lipinski definition) is 2. The second-order valence-electron chi connectivity index (χ2n) is 13.3. The zero-order valence-corrected chi connectivity index (χ0v) is 26.4. The van der Waals surface area contributed by atoms with Crippen LogP contribution in [0.15, 0.2) is 24.3 Å². The summed E-state index contributed by atoms with van der Waals surface area (Å²) in [4.78, 5) is 0. The molecule has 2 aliphatic heterocycles. The zero-order chi connectivity index (χ0) is 27.6. The second kappa shape index (κ2) is 15.6. The fraction of sp³-hybridized carbons (Fsp3) is 0.818. The molecule has 0 bridgehead atoms. The molecule has 218 valence electrons. The molecular weight excluding hydrogens is 508 g/mol. The van der Waals surface area contributed by atoms with Crippen LogP contribution >= 0.6 is 11.8 Å². The molecule has 2 saturated heterocycles. The molecule has 3 rings (SSSR count). The maximum Gasteiger partial charge on any atom is 0.0603 e. The normalized spacial score (nSPS) is 28.2. The Balaban J connectivity index is 1.57. The highest BCUT2D eigenvalue weighted by molar-refractivity contribution is 8.00. The van der Waals surface area contributed by atoms with Crippen LogP contribution < -0.4 is 0 Å². The third-order valence-corrected chi connectivity index (χ3v) is 13.3. The van der Waals surface area contributed by atoms with Crippen molar-refractivity contribution in [2.24, 2.45) is 10.8 Å². The molecule has 38 heavy (non-hydrogen) atoms. The molecule has 2 heterocycles. The van der Waals surface area contributed by atoms with Gasteiger partial charge in [0.05, 0.1) is 5.25 Å². The van der Waals surface area contributed by atoms with Crippen LogP contribution in [0.25, 0.3) is 0 Å². The molecule has 0 saturated carbocycles. The first-order valence-electron chi connectivity index (χ1n) is 15.6. The lowest BCUT2D eigenvalue weighted by Crippen LogP contribution is -2.27. The fourth-order valence-corrected chi connectivity index (χ4v) is 10.2. The van der Waals surface area contributed by atoms with Crippen molar-refractivity contribution in [3.8, 4) is 0 Å². The monoisotopic (exact) mass is 564 g/mol. The first kappa shape index (κ1) is 32.2. The molecule has 2 N–H and O–H groups in total. The van der Waals surface area contributed by atoms with Gasteiger partial charge >= 0.3 is 0 Å². The van der Waals surface area contributed by atoms with Crippen molar-refractivity contribution in [1.29, 1.82) is 0 Å². The Morgan fingerprint density at radius 2 is 1.55 bits per heavy atom. The van der Waals surface area contributed by atoms with Crippen LogP contribution in [0, 0.1) is 10.8 Å². The van der Waals surface area contributed by atoms with Crippen molar-refractivity contribution in [2.45, 2.75) is 145 Å². The summed E-state index contributed by atoms with van der Waals surface area (Å²) in [7, 11) is -0.812. The minimum Gasteiger partial charge on any atom is -0.396 e. The van der Waals surface area contributed by atoms with Gasteiger partial charge in [-0.3, -0.25) is 4.21 Å². The van der Waals surface area contributed by atoms with Gasteiger partial charge in [0.25, 0.3) is 0 Å². The molecule has 3 nitrogen and oxygen atoms in total. The zero-order valence-electron chi connectivity index (χ0n) is 24.8. The van der Waals surface area contributed by atoms with E-state index in [-0.39, 0.29) is 22.7 Å².